The molecule has 0 saturated heterocycles. The average molecular weight is 409 g/mol. The van der Waals surface area contributed by atoms with Gasteiger partial charge in [-0.15, -0.1) is 0 Å². The number of nitrogens with zero attached hydrogens (tertiary/aromatic N) is 2. The van der Waals surface area contributed by atoms with E-state index in [-0.39, 0.29) is 18.3 Å². The smallest absolute Gasteiger partial charge is 0.260 e. The van der Waals surface area contributed by atoms with Crippen LogP contribution in [0.3, 0.4) is 0 Å². The van der Waals surface area contributed by atoms with Gasteiger partial charge < -0.3 is 14.2 Å². The predicted octanol–water partition coefficient (Wildman–Crippen LogP) is 5.27. The Morgan fingerprint density at radius 1 is 1.00 bits per heavy atom. The zero-order valence-electron chi connectivity index (χ0n) is 17.5. The van der Waals surface area contributed by atoms with Crippen molar-refractivity contribution in [1.82, 2.24) is 9.47 Å². The summed E-state index contributed by atoms with van der Waals surface area (Å²) >= 11 is 0. The SMILES string of the molecule is CCCCCN(Cc1cccn1Cc1ccc(F)cc1)C(=O)COc1ccccc1. The zero-order chi connectivity index (χ0) is 21.2. The van der Waals surface area contributed by atoms with Crippen LogP contribution in [0.25, 0.3) is 0 Å². The minimum atomic E-state index is -0.238. The van der Waals surface area contributed by atoms with Crippen molar-refractivity contribution in [3.63, 3.8) is 0 Å². The number of amides is 1. The Bertz CT molecular complexity index is 906. The van der Waals surface area contributed by atoms with Gasteiger partial charge in [0.15, 0.2) is 6.61 Å². The molecule has 2 aromatic carbocycles. The molecule has 0 saturated carbocycles. The molecule has 0 aliphatic heterocycles. The number of ether oxygens (including phenoxy) is 1. The van der Waals surface area contributed by atoms with Gasteiger partial charge in [-0.25, -0.2) is 4.39 Å². The summed E-state index contributed by atoms with van der Waals surface area (Å²) in [5.41, 5.74) is 2.06. The Morgan fingerprint density at radius 3 is 2.50 bits per heavy atom. The number of carbonyl (C=O) groups is 1. The first-order valence-electron chi connectivity index (χ1n) is 10.5. The normalized spacial score (nSPS) is 10.7. The number of aromatic nitrogens is 1. The third-order valence-electron chi connectivity index (χ3n) is 5.03. The first-order valence-corrected chi connectivity index (χ1v) is 10.5. The summed E-state index contributed by atoms with van der Waals surface area (Å²) in [5, 5.41) is 0. The maximum absolute atomic E-state index is 13.2. The Kier molecular flexibility index (Phi) is 8.07. The van der Waals surface area contributed by atoms with Crippen molar-refractivity contribution in [3.05, 3.63) is 90.0 Å². The van der Waals surface area contributed by atoms with E-state index in [1.165, 1.54) is 12.1 Å². The quantitative estimate of drug-likeness (QED) is 0.405. The molecule has 1 heterocycles. The van der Waals surface area contributed by atoms with Crippen LogP contribution in [0.4, 0.5) is 4.39 Å². The van der Waals surface area contributed by atoms with Gasteiger partial charge in [0, 0.05) is 25.0 Å². The molecule has 0 bridgehead atoms. The molecule has 0 atom stereocenters. The highest BCUT2D eigenvalue weighted by Gasteiger charge is 2.16. The highest BCUT2D eigenvalue weighted by atomic mass is 19.1. The van der Waals surface area contributed by atoms with Crippen LogP contribution in [0.15, 0.2) is 72.9 Å². The zero-order valence-corrected chi connectivity index (χ0v) is 17.5. The predicted molar refractivity (Wildman–Crippen MR) is 117 cm³/mol. The van der Waals surface area contributed by atoms with Crippen LogP contribution in [0.2, 0.25) is 0 Å². The van der Waals surface area contributed by atoms with E-state index >= 15 is 0 Å². The standard InChI is InChI=1S/C25H29FN2O2/c1-2-3-7-16-28(25(29)20-30-24-10-5-4-6-11-24)19-23-9-8-17-27(23)18-21-12-14-22(26)15-13-21/h4-6,8-15,17H,2-3,7,16,18-20H2,1H3. The summed E-state index contributed by atoms with van der Waals surface area (Å²) in [6.07, 6.45) is 5.14. The first kappa shape index (κ1) is 21.6. The van der Waals surface area contributed by atoms with Crippen LogP contribution in [0, 0.1) is 5.82 Å². The van der Waals surface area contributed by atoms with Crippen molar-refractivity contribution in [2.45, 2.75) is 39.3 Å². The van der Waals surface area contributed by atoms with Gasteiger partial charge in [-0.3, -0.25) is 4.79 Å². The van der Waals surface area contributed by atoms with Gasteiger partial charge in [-0.1, -0.05) is 50.1 Å². The average Bonchev–Trinajstić information content (AvgIpc) is 3.20. The lowest BCUT2D eigenvalue weighted by atomic mass is 10.2. The number of para-hydroxylation sites is 1. The number of benzene rings is 2. The van der Waals surface area contributed by atoms with E-state index in [1.807, 2.05) is 53.6 Å². The number of rotatable bonds is 11. The number of carbonyl (C=O) groups excluding carboxylic acids is 1. The van der Waals surface area contributed by atoms with Crippen LogP contribution in [0.1, 0.15) is 37.4 Å². The molecular formula is C25H29FN2O2. The number of halogens is 1. The van der Waals surface area contributed by atoms with E-state index in [0.29, 0.717) is 25.4 Å². The lowest BCUT2D eigenvalue weighted by Gasteiger charge is -2.24. The Morgan fingerprint density at radius 2 is 1.77 bits per heavy atom. The lowest BCUT2D eigenvalue weighted by Crippen LogP contribution is -2.36. The molecule has 0 fully saturated rings. The van der Waals surface area contributed by atoms with Crippen molar-refractivity contribution in [2.24, 2.45) is 0 Å². The fourth-order valence-electron chi connectivity index (χ4n) is 3.33. The van der Waals surface area contributed by atoms with Gasteiger partial charge in [0.2, 0.25) is 0 Å². The van der Waals surface area contributed by atoms with E-state index in [2.05, 4.69) is 11.5 Å². The molecule has 30 heavy (non-hydrogen) atoms. The summed E-state index contributed by atoms with van der Waals surface area (Å²) in [7, 11) is 0. The van der Waals surface area contributed by atoms with Crippen LogP contribution >= 0.6 is 0 Å². The number of hydrogen-bond donors (Lipinski definition) is 0. The van der Waals surface area contributed by atoms with Gasteiger partial charge in [0.25, 0.3) is 5.91 Å². The highest BCUT2D eigenvalue weighted by Crippen LogP contribution is 2.14. The van der Waals surface area contributed by atoms with Crippen molar-refractivity contribution >= 4 is 5.91 Å². The van der Waals surface area contributed by atoms with Crippen LogP contribution < -0.4 is 4.74 Å². The van der Waals surface area contributed by atoms with Gasteiger partial charge in [0.1, 0.15) is 11.6 Å². The van der Waals surface area contributed by atoms with Gasteiger partial charge >= 0.3 is 0 Å². The molecule has 4 nitrogen and oxygen atoms in total. The maximum atomic E-state index is 13.2. The summed E-state index contributed by atoms with van der Waals surface area (Å²) in [5.74, 6) is 0.432. The van der Waals surface area contributed by atoms with Crippen molar-refractivity contribution in [2.75, 3.05) is 13.2 Å². The van der Waals surface area contributed by atoms with Crippen LogP contribution in [0.5, 0.6) is 5.75 Å². The minimum absolute atomic E-state index is 0.0226. The molecule has 0 aliphatic carbocycles. The second kappa shape index (κ2) is 11.2. The molecule has 0 spiro atoms. The molecule has 158 valence electrons. The molecule has 1 aromatic heterocycles. The third kappa shape index (κ3) is 6.48. The summed E-state index contributed by atoms with van der Waals surface area (Å²) in [6, 6.07) is 19.9. The monoisotopic (exact) mass is 408 g/mol. The number of unbranched alkanes of at least 4 members (excludes halogenated alkanes) is 2. The van der Waals surface area contributed by atoms with E-state index in [0.717, 1.165) is 30.5 Å². The van der Waals surface area contributed by atoms with Gasteiger partial charge in [-0.05, 0) is 48.4 Å². The van der Waals surface area contributed by atoms with E-state index in [4.69, 9.17) is 4.74 Å². The third-order valence-corrected chi connectivity index (χ3v) is 5.03. The number of hydrogen-bond acceptors (Lipinski definition) is 2. The Balaban J connectivity index is 1.66. The second-order valence-corrected chi connectivity index (χ2v) is 7.38. The molecule has 0 radical (unpaired) electrons. The van der Waals surface area contributed by atoms with Crippen molar-refractivity contribution < 1.29 is 13.9 Å². The molecule has 1 amide bonds. The van der Waals surface area contributed by atoms with E-state index in [1.54, 1.807) is 12.1 Å². The molecule has 3 aromatic rings. The molecule has 5 heteroatoms. The molecular weight excluding hydrogens is 379 g/mol. The molecule has 0 unspecified atom stereocenters. The lowest BCUT2D eigenvalue weighted by molar-refractivity contribution is -0.134. The van der Waals surface area contributed by atoms with Gasteiger partial charge in [-0.2, -0.15) is 0 Å². The summed E-state index contributed by atoms with van der Waals surface area (Å²) in [4.78, 5) is 14.8. The fraction of sp³-hybridized carbons (Fsp3) is 0.320. The van der Waals surface area contributed by atoms with Gasteiger partial charge in [0.05, 0.1) is 6.54 Å². The van der Waals surface area contributed by atoms with E-state index in [9.17, 15) is 9.18 Å². The fourth-order valence-corrected chi connectivity index (χ4v) is 3.33. The summed E-state index contributed by atoms with van der Waals surface area (Å²) in [6.45, 7) is 4.04. The molecule has 0 aliphatic rings. The topological polar surface area (TPSA) is 34.5 Å². The maximum Gasteiger partial charge on any atom is 0.260 e. The highest BCUT2D eigenvalue weighted by molar-refractivity contribution is 5.77. The Hall–Kier alpha value is -3.08. The largest absolute Gasteiger partial charge is 0.484 e. The molecule has 0 N–H and O–H groups in total. The van der Waals surface area contributed by atoms with Crippen molar-refractivity contribution in [3.8, 4) is 5.75 Å². The van der Waals surface area contributed by atoms with Crippen LogP contribution in [-0.2, 0) is 17.9 Å². The second-order valence-electron chi connectivity index (χ2n) is 7.38. The Labute approximate surface area is 177 Å². The minimum Gasteiger partial charge on any atom is -0.484 e. The summed E-state index contributed by atoms with van der Waals surface area (Å²) < 4.78 is 21.0. The van der Waals surface area contributed by atoms with Crippen LogP contribution in [-0.4, -0.2) is 28.5 Å². The van der Waals surface area contributed by atoms with Crippen molar-refractivity contribution in [1.29, 1.82) is 0 Å². The van der Waals surface area contributed by atoms with E-state index < -0.39 is 0 Å². The first-order chi connectivity index (χ1) is 14.7. The molecule has 3 rings (SSSR count).